The summed E-state index contributed by atoms with van der Waals surface area (Å²) < 4.78 is 0. The molecule has 17 heavy (non-hydrogen) atoms. The van der Waals surface area contributed by atoms with Crippen LogP contribution in [0.15, 0.2) is 30.3 Å². The highest BCUT2D eigenvalue weighted by atomic mass is 14.7. The second kappa shape index (κ2) is 7.50. The molecular formula is C16H27N. The zero-order valence-corrected chi connectivity index (χ0v) is 11.4. The van der Waals surface area contributed by atoms with Gasteiger partial charge in [-0.1, -0.05) is 76.3 Å². The molecule has 0 aliphatic rings. The maximum atomic E-state index is 6.53. The zero-order valence-electron chi connectivity index (χ0n) is 11.4. The molecule has 1 unspecified atom stereocenters. The topological polar surface area (TPSA) is 26.0 Å². The summed E-state index contributed by atoms with van der Waals surface area (Å²) in [6.45, 7) is 4.45. The first kappa shape index (κ1) is 14.2. The summed E-state index contributed by atoms with van der Waals surface area (Å²) in [5, 5.41) is 0. The Kier molecular flexibility index (Phi) is 6.28. The van der Waals surface area contributed by atoms with Crippen LogP contribution >= 0.6 is 0 Å². The quantitative estimate of drug-likeness (QED) is 0.652. The molecule has 1 nitrogen and oxygen atoms in total. The highest BCUT2D eigenvalue weighted by Gasteiger charge is 2.23. The number of unbranched alkanes of at least 4 members (excludes halogenated alkanes) is 4. The fourth-order valence-corrected chi connectivity index (χ4v) is 2.34. The van der Waals surface area contributed by atoms with Crippen molar-refractivity contribution in [3.8, 4) is 0 Å². The van der Waals surface area contributed by atoms with E-state index in [1.165, 1.54) is 37.7 Å². The fourth-order valence-electron chi connectivity index (χ4n) is 2.34. The van der Waals surface area contributed by atoms with Gasteiger partial charge < -0.3 is 5.73 Å². The van der Waals surface area contributed by atoms with Crippen molar-refractivity contribution in [2.45, 2.75) is 64.3 Å². The van der Waals surface area contributed by atoms with Crippen molar-refractivity contribution in [2.24, 2.45) is 5.73 Å². The molecule has 0 aliphatic carbocycles. The van der Waals surface area contributed by atoms with Crippen LogP contribution in [0.2, 0.25) is 0 Å². The molecule has 1 aromatic carbocycles. The highest BCUT2D eigenvalue weighted by Crippen LogP contribution is 2.28. The predicted octanol–water partition coefficient (Wildman–Crippen LogP) is 4.61. The summed E-state index contributed by atoms with van der Waals surface area (Å²) in [6, 6.07) is 10.6. The average molecular weight is 233 g/mol. The largest absolute Gasteiger partial charge is 0.321 e. The Bertz CT molecular complexity index is 294. The molecule has 0 radical (unpaired) electrons. The lowest BCUT2D eigenvalue weighted by Crippen LogP contribution is -2.35. The van der Waals surface area contributed by atoms with Gasteiger partial charge in [0.2, 0.25) is 0 Å². The van der Waals surface area contributed by atoms with Crippen molar-refractivity contribution >= 4 is 0 Å². The molecule has 1 rings (SSSR count). The van der Waals surface area contributed by atoms with E-state index < -0.39 is 0 Å². The lowest BCUT2D eigenvalue weighted by Gasteiger charge is -2.29. The monoisotopic (exact) mass is 233 g/mol. The molecule has 0 heterocycles. The second-order valence-corrected chi connectivity index (χ2v) is 5.04. The summed E-state index contributed by atoms with van der Waals surface area (Å²) in [6.07, 6.45) is 8.71. The number of benzene rings is 1. The first-order valence-corrected chi connectivity index (χ1v) is 7.07. The van der Waals surface area contributed by atoms with Crippen molar-refractivity contribution in [2.75, 3.05) is 0 Å². The molecule has 0 saturated carbocycles. The smallest absolute Gasteiger partial charge is 0.0407 e. The van der Waals surface area contributed by atoms with Crippen LogP contribution in [-0.2, 0) is 5.54 Å². The van der Waals surface area contributed by atoms with Gasteiger partial charge in [-0.25, -0.2) is 0 Å². The van der Waals surface area contributed by atoms with Crippen molar-refractivity contribution in [3.63, 3.8) is 0 Å². The molecule has 0 amide bonds. The van der Waals surface area contributed by atoms with Gasteiger partial charge >= 0.3 is 0 Å². The minimum Gasteiger partial charge on any atom is -0.321 e. The Hall–Kier alpha value is -0.820. The molecule has 1 atom stereocenters. The first-order chi connectivity index (χ1) is 8.23. The number of hydrogen-bond donors (Lipinski definition) is 1. The number of nitrogens with two attached hydrogens (primary N) is 1. The van der Waals surface area contributed by atoms with Gasteiger partial charge in [0.25, 0.3) is 0 Å². The van der Waals surface area contributed by atoms with Crippen molar-refractivity contribution in [1.82, 2.24) is 0 Å². The number of rotatable bonds is 8. The van der Waals surface area contributed by atoms with Gasteiger partial charge in [-0.05, 0) is 18.4 Å². The zero-order chi connectivity index (χ0) is 12.6. The molecular weight excluding hydrogens is 206 g/mol. The third kappa shape index (κ3) is 4.51. The lowest BCUT2D eigenvalue weighted by atomic mass is 9.83. The normalized spacial score (nSPS) is 14.5. The lowest BCUT2D eigenvalue weighted by molar-refractivity contribution is 0.373. The fraction of sp³-hybridized carbons (Fsp3) is 0.625. The van der Waals surface area contributed by atoms with Crippen molar-refractivity contribution in [3.05, 3.63) is 35.9 Å². The second-order valence-electron chi connectivity index (χ2n) is 5.04. The van der Waals surface area contributed by atoms with E-state index >= 15 is 0 Å². The number of hydrogen-bond acceptors (Lipinski definition) is 1. The van der Waals surface area contributed by atoms with E-state index in [4.69, 9.17) is 5.73 Å². The maximum Gasteiger partial charge on any atom is 0.0407 e. The van der Waals surface area contributed by atoms with E-state index in [0.717, 1.165) is 12.8 Å². The predicted molar refractivity (Wildman–Crippen MR) is 76.0 cm³/mol. The molecule has 0 aliphatic heterocycles. The standard InChI is InChI=1S/C16H27N/c1-3-5-6-7-11-14-16(17,4-2)15-12-9-8-10-13-15/h8-10,12-13H,3-7,11,14,17H2,1-2H3. The van der Waals surface area contributed by atoms with Crippen LogP contribution in [0.25, 0.3) is 0 Å². The molecule has 1 heteroatoms. The summed E-state index contributed by atoms with van der Waals surface area (Å²) in [4.78, 5) is 0. The van der Waals surface area contributed by atoms with E-state index in [0.29, 0.717) is 0 Å². The van der Waals surface area contributed by atoms with Gasteiger partial charge in [-0.3, -0.25) is 0 Å². The van der Waals surface area contributed by atoms with Crippen molar-refractivity contribution in [1.29, 1.82) is 0 Å². The van der Waals surface area contributed by atoms with E-state index in [-0.39, 0.29) is 5.54 Å². The Morgan fingerprint density at radius 1 is 0.941 bits per heavy atom. The molecule has 0 fully saturated rings. The van der Waals surface area contributed by atoms with E-state index in [1.807, 2.05) is 0 Å². The van der Waals surface area contributed by atoms with E-state index in [9.17, 15) is 0 Å². The highest BCUT2D eigenvalue weighted by molar-refractivity contribution is 5.23. The summed E-state index contributed by atoms with van der Waals surface area (Å²) in [5.74, 6) is 0. The molecule has 2 N–H and O–H groups in total. The molecule has 0 aromatic heterocycles. The van der Waals surface area contributed by atoms with Crippen LogP contribution in [0.1, 0.15) is 64.4 Å². The third-order valence-electron chi connectivity index (χ3n) is 3.71. The maximum absolute atomic E-state index is 6.53. The molecule has 0 bridgehead atoms. The van der Waals surface area contributed by atoms with Gasteiger partial charge in [0, 0.05) is 5.54 Å². The minimum atomic E-state index is -0.118. The third-order valence-corrected chi connectivity index (χ3v) is 3.71. The van der Waals surface area contributed by atoms with E-state index in [1.54, 1.807) is 0 Å². The van der Waals surface area contributed by atoms with Crippen LogP contribution < -0.4 is 5.73 Å². The van der Waals surface area contributed by atoms with Crippen molar-refractivity contribution < 1.29 is 0 Å². The Morgan fingerprint density at radius 3 is 2.18 bits per heavy atom. The Morgan fingerprint density at radius 2 is 1.59 bits per heavy atom. The average Bonchev–Trinajstić information content (AvgIpc) is 2.39. The summed E-state index contributed by atoms with van der Waals surface area (Å²) in [5.41, 5.74) is 7.71. The van der Waals surface area contributed by atoms with E-state index in [2.05, 4.69) is 44.2 Å². The van der Waals surface area contributed by atoms with Crippen LogP contribution in [0, 0.1) is 0 Å². The molecule has 96 valence electrons. The van der Waals surface area contributed by atoms with Gasteiger partial charge in [0.05, 0.1) is 0 Å². The van der Waals surface area contributed by atoms with Crippen LogP contribution in [0.4, 0.5) is 0 Å². The molecule has 0 spiro atoms. The summed E-state index contributed by atoms with van der Waals surface area (Å²) in [7, 11) is 0. The van der Waals surface area contributed by atoms with Gasteiger partial charge in [0.1, 0.15) is 0 Å². The first-order valence-electron chi connectivity index (χ1n) is 7.07. The van der Waals surface area contributed by atoms with Gasteiger partial charge in [0.15, 0.2) is 0 Å². The Labute approximate surface area is 106 Å². The molecule has 0 saturated heterocycles. The molecule has 1 aromatic rings. The summed E-state index contributed by atoms with van der Waals surface area (Å²) >= 11 is 0. The van der Waals surface area contributed by atoms with Crippen LogP contribution in [0.5, 0.6) is 0 Å². The minimum absolute atomic E-state index is 0.118. The van der Waals surface area contributed by atoms with Gasteiger partial charge in [-0.2, -0.15) is 0 Å². The van der Waals surface area contributed by atoms with Gasteiger partial charge in [-0.15, -0.1) is 0 Å². The SMILES string of the molecule is CCCCCCCC(N)(CC)c1ccccc1. The Balaban J connectivity index is 2.46. The van der Waals surface area contributed by atoms with Crippen LogP contribution in [-0.4, -0.2) is 0 Å². The van der Waals surface area contributed by atoms with Crippen LogP contribution in [0.3, 0.4) is 0 Å².